The zero-order valence-corrected chi connectivity index (χ0v) is 16.7. The van der Waals surface area contributed by atoms with Gasteiger partial charge in [0, 0.05) is 11.6 Å². The summed E-state index contributed by atoms with van der Waals surface area (Å²) in [5, 5.41) is 3.37. The van der Waals surface area contributed by atoms with E-state index < -0.39 is 0 Å². The standard InChI is InChI=1S/C21H20N2O4S/c1-4-25-16-10-18-17(26-11-27-18)8-14(16)9-19-20(24)23-21(28-19)22-15-6-5-12(2)13(3)7-15/h5-10H,4,11H2,1-3H3,(H,22,23,24)/b19-9+. The first-order chi connectivity index (χ1) is 13.5. The van der Waals surface area contributed by atoms with Gasteiger partial charge in [0.2, 0.25) is 6.79 Å². The monoisotopic (exact) mass is 396 g/mol. The van der Waals surface area contributed by atoms with Crippen molar-refractivity contribution in [3.05, 3.63) is 51.9 Å². The highest BCUT2D eigenvalue weighted by Crippen LogP contribution is 2.40. The van der Waals surface area contributed by atoms with Crippen molar-refractivity contribution in [2.24, 2.45) is 4.99 Å². The van der Waals surface area contributed by atoms with Crippen LogP contribution in [0.25, 0.3) is 6.08 Å². The fraction of sp³-hybridized carbons (Fsp3) is 0.238. The largest absolute Gasteiger partial charge is 0.493 e. The summed E-state index contributed by atoms with van der Waals surface area (Å²) >= 11 is 1.30. The van der Waals surface area contributed by atoms with Gasteiger partial charge in [-0.2, -0.15) is 0 Å². The van der Waals surface area contributed by atoms with Crippen molar-refractivity contribution in [1.29, 1.82) is 0 Å². The third-order valence-electron chi connectivity index (χ3n) is 4.46. The molecule has 28 heavy (non-hydrogen) atoms. The Morgan fingerprint density at radius 1 is 1.18 bits per heavy atom. The second-order valence-corrected chi connectivity index (χ2v) is 7.46. The topological polar surface area (TPSA) is 69.2 Å². The Bertz CT molecular complexity index is 1010. The van der Waals surface area contributed by atoms with Gasteiger partial charge in [-0.25, -0.2) is 4.99 Å². The van der Waals surface area contributed by atoms with Gasteiger partial charge in [0.25, 0.3) is 5.91 Å². The van der Waals surface area contributed by atoms with E-state index >= 15 is 0 Å². The number of carbonyl (C=O) groups is 1. The molecular weight excluding hydrogens is 376 g/mol. The number of hydrogen-bond acceptors (Lipinski definition) is 6. The van der Waals surface area contributed by atoms with Crippen LogP contribution >= 0.6 is 11.8 Å². The molecule has 2 aliphatic rings. The van der Waals surface area contributed by atoms with Crippen molar-refractivity contribution >= 4 is 34.6 Å². The highest BCUT2D eigenvalue weighted by Gasteiger charge is 2.25. The maximum atomic E-state index is 12.4. The SMILES string of the molecule is CCOc1cc2c(cc1/C=C1/SC(=Nc3ccc(C)c(C)c3)NC1=O)OCO2. The molecular formula is C21H20N2O4S. The molecule has 144 valence electrons. The number of aryl methyl sites for hydroxylation is 2. The van der Waals surface area contributed by atoms with Crippen molar-refractivity contribution in [2.45, 2.75) is 20.8 Å². The lowest BCUT2D eigenvalue weighted by molar-refractivity contribution is -0.115. The first kappa shape index (κ1) is 18.4. The summed E-state index contributed by atoms with van der Waals surface area (Å²) in [7, 11) is 0. The van der Waals surface area contributed by atoms with Gasteiger partial charge in [-0.3, -0.25) is 4.79 Å². The molecule has 0 aromatic heterocycles. The molecule has 2 aromatic rings. The van der Waals surface area contributed by atoms with Crippen molar-refractivity contribution in [3.8, 4) is 17.2 Å². The normalized spacial score (nSPS) is 18.0. The minimum absolute atomic E-state index is 0.183. The molecule has 0 unspecified atom stereocenters. The number of amides is 1. The third-order valence-corrected chi connectivity index (χ3v) is 5.37. The molecule has 0 saturated carbocycles. The van der Waals surface area contributed by atoms with Crippen LogP contribution < -0.4 is 19.5 Å². The van der Waals surface area contributed by atoms with Crippen LogP contribution in [0.15, 0.2) is 40.2 Å². The number of rotatable bonds is 4. The van der Waals surface area contributed by atoms with Gasteiger partial charge < -0.3 is 19.5 Å². The number of amidine groups is 1. The molecule has 0 spiro atoms. The quantitative estimate of drug-likeness (QED) is 0.780. The molecule has 1 N–H and O–H groups in total. The average Bonchev–Trinajstić information content (AvgIpc) is 3.25. The van der Waals surface area contributed by atoms with E-state index in [1.807, 2.05) is 38.1 Å². The minimum Gasteiger partial charge on any atom is -0.493 e. The van der Waals surface area contributed by atoms with E-state index in [-0.39, 0.29) is 12.7 Å². The Morgan fingerprint density at radius 3 is 2.71 bits per heavy atom. The Kier molecular flexibility index (Phi) is 5.00. The lowest BCUT2D eigenvalue weighted by Gasteiger charge is -2.09. The van der Waals surface area contributed by atoms with E-state index in [4.69, 9.17) is 14.2 Å². The lowest BCUT2D eigenvalue weighted by Crippen LogP contribution is -2.19. The van der Waals surface area contributed by atoms with Crippen LogP contribution in [0.2, 0.25) is 0 Å². The summed E-state index contributed by atoms with van der Waals surface area (Å²) in [6.45, 7) is 6.70. The number of nitrogens with one attached hydrogen (secondary N) is 1. The van der Waals surface area contributed by atoms with E-state index in [1.54, 1.807) is 12.1 Å². The fourth-order valence-corrected chi connectivity index (χ4v) is 3.70. The third kappa shape index (κ3) is 3.71. The van der Waals surface area contributed by atoms with E-state index in [1.165, 1.54) is 17.3 Å². The molecule has 1 fully saturated rings. The molecule has 0 atom stereocenters. The molecule has 0 radical (unpaired) electrons. The maximum Gasteiger partial charge on any atom is 0.264 e. The minimum atomic E-state index is -0.187. The first-order valence-corrected chi connectivity index (χ1v) is 9.78. The van der Waals surface area contributed by atoms with Crippen molar-refractivity contribution in [3.63, 3.8) is 0 Å². The van der Waals surface area contributed by atoms with Gasteiger partial charge >= 0.3 is 0 Å². The second kappa shape index (κ2) is 7.59. The van der Waals surface area contributed by atoms with E-state index in [9.17, 15) is 4.79 Å². The molecule has 7 heteroatoms. The number of fused-ring (bicyclic) bond motifs is 1. The first-order valence-electron chi connectivity index (χ1n) is 8.97. The molecule has 0 bridgehead atoms. The van der Waals surface area contributed by atoms with Gasteiger partial charge in [-0.15, -0.1) is 0 Å². The molecule has 1 amide bonds. The molecule has 2 heterocycles. The zero-order valence-electron chi connectivity index (χ0n) is 15.9. The number of thioether (sulfide) groups is 1. The lowest BCUT2D eigenvalue weighted by atomic mass is 10.1. The number of carbonyl (C=O) groups excluding carboxylic acids is 1. The molecule has 6 nitrogen and oxygen atoms in total. The highest BCUT2D eigenvalue weighted by molar-refractivity contribution is 8.18. The predicted octanol–water partition coefficient (Wildman–Crippen LogP) is 4.32. The van der Waals surface area contributed by atoms with Crippen LogP contribution in [0.1, 0.15) is 23.6 Å². The van der Waals surface area contributed by atoms with E-state index in [2.05, 4.69) is 17.2 Å². The van der Waals surface area contributed by atoms with Gasteiger partial charge in [-0.05, 0) is 67.9 Å². The Hall–Kier alpha value is -2.93. The van der Waals surface area contributed by atoms with Gasteiger partial charge in [-0.1, -0.05) is 6.07 Å². The number of nitrogens with zero attached hydrogens (tertiary/aromatic N) is 1. The second-order valence-electron chi connectivity index (χ2n) is 6.43. The van der Waals surface area contributed by atoms with Crippen molar-refractivity contribution < 1.29 is 19.0 Å². The van der Waals surface area contributed by atoms with Crippen LogP contribution in [-0.2, 0) is 4.79 Å². The van der Waals surface area contributed by atoms with Crippen LogP contribution in [0.4, 0.5) is 5.69 Å². The van der Waals surface area contributed by atoms with Gasteiger partial charge in [0.15, 0.2) is 16.7 Å². The average molecular weight is 396 g/mol. The number of ether oxygens (including phenoxy) is 3. The smallest absolute Gasteiger partial charge is 0.264 e. The summed E-state index contributed by atoms with van der Waals surface area (Å²) in [5.74, 6) is 1.74. The van der Waals surface area contributed by atoms with Gasteiger partial charge in [0.05, 0.1) is 17.2 Å². The zero-order chi connectivity index (χ0) is 19.7. The molecule has 1 saturated heterocycles. The van der Waals surface area contributed by atoms with Crippen molar-refractivity contribution in [2.75, 3.05) is 13.4 Å². The summed E-state index contributed by atoms with van der Waals surface area (Å²) in [5.41, 5.74) is 3.94. The van der Waals surface area contributed by atoms with Crippen molar-refractivity contribution in [1.82, 2.24) is 5.32 Å². The number of hydrogen-bond donors (Lipinski definition) is 1. The molecule has 2 aromatic carbocycles. The number of aliphatic imine (C=N–C) groups is 1. The number of benzene rings is 2. The van der Waals surface area contributed by atoms with Gasteiger partial charge in [0.1, 0.15) is 5.75 Å². The maximum absolute atomic E-state index is 12.4. The summed E-state index contributed by atoms with van der Waals surface area (Å²) in [4.78, 5) is 17.5. The molecule has 0 aliphatic carbocycles. The van der Waals surface area contributed by atoms with Crippen LogP contribution in [0, 0.1) is 13.8 Å². The highest BCUT2D eigenvalue weighted by atomic mass is 32.2. The van der Waals surface area contributed by atoms with Crippen LogP contribution in [-0.4, -0.2) is 24.5 Å². The molecule has 2 aliphatic heterocycles. The summed E-state index contributed by atoms with van der Waals surface area (Å²) in [6, 6.07) is 9.58. The molecule has 4 rings (SSSR count). The predicted molar refractivity (Wildman–Crippen MR) is 110 cm³/mol. The fourth-order valence-electron chi connectivity index (χ4n) is 2.87. The summed E-state index contributed by atoms with van der Waals surface area (Å²) < 4.78 is 16.6. The Morgan fingerprint density at radius 2 is 1.96 bits per heavy atom. The van der Waals surface area contributed by atoms with E-state index in [0.717, 1.165) is 16.8 Å². The van der Waals surface area contributed by atoms with Crippen LogP contribution in [0.5, 0.6) is 17.2 Å². The Balaban J connectivity index is 1.63. The van der Waals surface area contributed by atoms with Crippen LogP contribution in [0.3, 0.4) is 0 Å². The summed E-state index contributed by atoms with van der Waals surface area (Å²) in [6.07, 6.45) is 1.79. The Labute approximate surface area is 167 Å². The van der Waals surface area contributed by atoms with E-state index in [0.29, 0.717) is 33.9 Å².